The van der Waals surface area contributed by atoms with Crippen molar-refractivity contribution in [3.63, 3.8) is 0 Å². The van der Waals surface area contributed by atoms with Crippen molar-refractivity contribution in [3.05, 3.63) is 29.8 Å². The fourth-order valence-corrected chi connectivity index (χ4v) is 1.31. The minimum absolute atomic E-state index is 0.0236. The van der Waals surface area contributed by atoms with Crippen LogP contribution in [0, 0.1) is 0 Å². The van der Waals surface area contributed by atoms with Crippen molar-refractivity contribution < 1.29 is 14.6 Å². The van der Waals surface area contributed by atoms with Gasteiger partial charge < -0.3 is 15.6 Å². The number of ether oxygens (including phenoxy) is 1. The number of nitrogens with two attached hydrogens (primary N) is 1. The van der Waals surface area contributed by atoms with Gasteiger partial charge in [0.05, 0.1) is 0 Å². The third-order valence-corrected chi connectivity index (χ3v) is 2.47. The van der Waals surface area contributed by atoms with Crippen molar-refractivity contribution in [2.75, 3.05) is 6.61 Å². The van der Waals surface area contributed by atoms with E-state index >= 15 is 0 Å². The molecule has 1 atom stereocenters. The second-order valence-electron chi connectivity index (χ2n) is 5.03. The summed E-state index contributed by atoms with van der Waals surface area (Å²) in [6.07, 6.45) is 0. The van der Waals surface area contributed by atoms with Crippen molar-refractivity contribution in [1.82, 2.24) is 0 Å². The van der Waals surface area contributed by atoms with Crippen LogP contribution in [0.25, 0.3) is 0 Å². The summed E-state index contributed by atoms with van der Waals surface area (Å²) >= 11 is 0. The number of aliphatic carboxylic acids is 1. The SMILES string of the molecule is CC(C)(C)c1ccc(OCC(N)C(=O)O)cc1. The fraction of sp³-hybridized carbons (Fsp3) is 0.462. The second kappa shape index (κ2) is 5.19. The smallest absolute Gasteiger partial charge is 0.324 e. The van der Waals surface area contributed by atoms with Gasteiger partial charge >= 0.3 is 5.97 Å². The van der Waals surface area contributed by atoms with Gasteiger partial charge in [-0.05, 0) is 23.1 Å². The molecule has 0 aliphatic heterocycles. The third-order valence-electron chi connectivity index (χ3n) is 2.47. The van der Waals surface area contributed by atoms with Gasteiger partial charge in [0.25, 0.3) is 0 Å². The summed E-state index contributed by atoms with van der Waals surface area (Å²) in [6, 6.07) is 6.62. The molecular weight excluding hydrogens is 218 g/mol. The molecule has 94 valence electrons. The van der Waals surface area contributed by atoms with Gasteiger partial charge in [-0.1, -0.05) is 32.9 Å². The monoisotopic (exact) mass is 237 g/mol. The number of hydrogen-bond acceptors (Lipinski definition) is 3. The van der Waals surface area contributed by atoms with Gasteiger partial charge in [0.15, 0.2) is 0 Å². The molecule has 0 aromatic heterocycles. The predicted octanol–water partition coefficient (Wildman–Crippen LogP) is 1.77. The van der Waals surface area contributed by atoms with E-state index in [9.17, 15) is 4.79 Å². The molecule has 0 amide bonds. The molecular formula is C13H19NO3. The van der Waals surface area contributed by atoms with E-state index in [2.05, 4.69) is 20.8 Å². The molecule has 0 saturated carbocycles. The number of rotatable bonds is 4. The first kappa shape index (κ1) is 13.5. The quantitative estimate of drug-likeness (QED) is 0.837. The number of hydrogen-bond donors (Lipinski definition) is 2. The Hall–Kier alpha value is -1.55. The molecule has 4 heteroatoms. The molecule has 1 aromatic rings. The van der Waals surface area contributed by atoms with Gasteiger partial charge in [0.2, 0.25) is 0 Å². The topological polar surface area (TPSA) is 72.5 Å². The lowest BCUT2D eigenvalue weighted by Crippen LogP contribution is -2.36. The molecule has 4 nitrogen and oxygen atoms in total. The average Bonchev–Trinajstić information content (AvgIpc) is 2.25. The number of carboxylic acids is 1. The van der Waals surface area contributed by atoms with Crippen molar-refractivity contribution in [2.24, 2.45) is 5.73 Å². The highest BCUT2D eigenvalue weighted by atomic mass is 16.5. The molecule has 1 unspecified atom stereocenters. The van der Waals surface area contributed by atoms with Gasteiger partial charge in [-0.3, -0.25) is 4.79 Å². The molecule has 1 rings (SSSR count). The first-order valence-corrected chi connectivity index (χ1v) is 5.52. The van der Waals surface area contributed by atoms with Crippen molar-refractivity contribution in [1.29, 1.82) is 0 Å². The van der Waals surface area contributed by atoms with Crippen LogP contribution in [-0.4, -0.2) is 23.7 Å². The fourth-order valence-electron chi connectivity index (χ4n) is 1.31. The maximum absolute atomic E-state index is 10.5. The first-order chi connectivity index (χ1) is 7.80. The Morgan fingerprint density at radius 3 is 2.29 bits per heavy atom. The van der Waals surface area contributed by atoms with Gasteiger partial charge in [0.1, 0.15) is 18.4 Å². The normalized spacial score (nSPS) is 13.2. The maximum atomic E-state index is 10.5. The summed E-state index contributed by atoms with van der Waals surface area (Å²) in [7, 11) is 0. The summed E-state index contributed by atoms with van der Waals surface area (Å²) in [4.78, 5) is 10.5. The predicted molar refractivity (Wildman–Crippen MR) is 66.2 cm³/mol. The van der Waals surface area contributed by atoms with Crippen LogP contribution in [-0.2, 0) is 10.2 Å². The molecule has 0 bridgehead atoms. The van der Waals surface area contributed by atoms with E-state index in [0.717, 1.165) is 0 Å². The molecule has 1 aromatic carbocycles. The minimum atomic E-state index is -1.06. The van der Waals surface area contributed by atoms with Crippen molar-refractivity contribution in [3.8, 4) is 5.75 Å². The zero-order valence-corrected chi connectivity index (χ0v) is 10.4. The Morgan fingerprint density at radius 1 is 1.35 bits per heavy atom. The molecule has 0 fully saturated rings. The van der Waals surface area contributed by atoms with Crippen LogP contribution in [0.15, 0.2) is 24.3 Å². The van der Waals surface area contributed by atoms with Crippen molar-refractivity contribution in [2.45, 2.75) is 32.2 Å². The highest BCUT2D eigenvalue weighted by molar-refractivity contribution is 5.73. The van der Waals surface area contributed by atoms with Crippen LogP contribution in [0.1, 0.15) is 26.3 Å². The number of carbonyl (C=O) groups is 1. The van der Waals surface area contributed by atoms with Crippen LogP contribution >= 0.6 is 0 Å². The summed E-state index contributed by atoms with van der Waals surface area (Å²) in [6.45, 7) is 6.36. The van der Waals surface area contributed by atoms with Gasteiger partial charge in [-0.25, -0.2) is 0 Å². The average molecular weight is 237 g/mol. The lowest BCUT2D eigenvalue weighted by Gasteiger charge is -2.19. The molecule has 0 heterocycles. The molecule has 0 saturated heterocycles. The number of benzene rings is 1. The minimum Gasteiger partial charge on any atom is -0.491 e. The summed E-state index contributed by atoms with van der Waals surface area (Å²) in [5.74, 6) is -0.425. The molecule has 0 aliphatic carbocycles. The standard InChI is InChI=1S/C13H19NO3/c1-13(2,3)9-4-6-10(7-5-9)17-8-11(14)12(15)16/h4-7,11H,8,14H2,1-3H3,(H,15,16). The highest BCUT2D eigenvalue weighted by Gasteiger charge is 2.14. The van der Waals surface area contributed by atoms with E-state index in [1.54, 1.807) is 0 Å². The molecule has 0 aliphatic rings. The Bertz CT molecular complexity index is 379. The Kier molecular flexibility index (Phi) is 4.12. The largest absolute Gasteiger partial charge is 0.491 e. The third kappa shape index (κ3) is 4.07. The first-order valence-electron chi connectivity index (χ1n) is 5.52. The van der Waals surface area contributed by atoms with E-state index in [4.69, 9.17) is 15.6 Å². The van der Waals surface area contributed by atoms with Crippen LogP contribution < -0.4 is 10.5 Å². The molecule has 3 N–H and O–H groups in total. The zero-order chi connectivity index (χ0) is 13.1. The van der Waals surface area contributed by atoms with Gasteiger partial charge in [0, 0.05) is 0 Å². The van der Waals surface area contributed by atoms with E-state index in [1.165, 1.54) is 5.56 Å². The van der Waals surface area contributed by atoms with Crippen LogP contribution in [0.2, 0.25) is 0 Å². The molecule has 17 heavy (non-hydrogen) atoms. The van der Waals surface area contributed by atoms with Gasteiger partial charge in [-0.2, -0.15) is 0 Å². The Balaban J connectivity index is 2.60. The van der Waals surface area contributed by atoms with Crippen LogP contribution in [0.3, 0.4) is 0 Å². The Labute approximate surface area is 101 Å². The lowest BCUT2D eigenvalue weighted by molar-refractivity contribution is -0.139. The van der Waals surface area contributed by atoms with E-state index in [-0.39, 0.29) is 12.0 Å². The lowest BCUT2D eigenvalue weighted by atomic mass is 9.87. The van der Waals surface area contributed by atoms with E-state index in [0.29, 0.717) is 5.75 Å². The number of carboxylic acid groups (broad SMARTS) is 1. The zero-order valence-electron chi connectivity index (χ0n) is 10.4. The molecule has 0 radical (unpaired) electrons. The Morgan fingerprint density at radius 2 is 1.88 bits per heavy atom. The van der Waals surface area contributed by atoms with E-state index in [1.807, 2.05) is 24.3 Å². The summed E-state index contributed by atoms with van der Waals surface area (Å²) < 4.78 is 5.29. The van der Waals surface area contributed by atoms with Gasteiger partial charge in [-0.15, -0.1) is 0 Å². The second-order valence-corrected chi connectivity index (χ2v) is 5.03. The van der Waals surface area contributed by atoms with Crippen molar-refractivity contribution >= 4 is 5.97 Å². The maximum Gasteiger partial charge on any atom is 0.324 e. The highest BCUT2D eigenvalue weighted by Crippen LogP contribution is 2.24. The van der Waals surface area contributed by atoms with E-state index < -0.39 is 12.0 Å². The van der Waals surface area contributed by atoms with Crippen LogP contribution in [0.5, 0.6) is 5.75 Å². The summed E-state index contributed by atoms with van der Waals surface area (Å²) in [5, 5.41) is 8.61. The molecule has 0 spiro atoms. The van der Waals surface area contributed by atoms with Crippen LogP contribution in [0.4, 0.5) is 0 Å². The summed E-state index contributed by atoms with van der Waals surface area (Å²) in [5.41, 5.74) is 6.63.